The number of nitrogens with zero attached hydrogens (tertiary/aromatic N) is 3. The molecule has 0 spiro atoms. The van der Waals surface area contributed by atoms with Gasteiger partial charge in [0.15, 0.2) is 0 Å². The zero-order valence-corrected chi connectivity index (χ0v) is 12.8. The summed E-state index contributed by atoms with van der Waals surface area (Å²) in [7, 11) is 0. The molecule has 1 fully saturated rings. The minimum Gasteiger partial charge on any atom is -0.480 e. The van der Waals surface area contributed by atoms with Crippen LogP contribution in [0.2, 0.25) is 0 Å². The molecule has 3 rings (SSSR count). The third kappa shape index (κ3) is 3.31. The maximum atomic E-state index is 12.3. The molecular formula is C15H19N5O3. The lowest BCUT2D eigenvalue weighted by Gasteiger charge is -2.42. The summed E-state index contributed by atoms with van der Waals surface area (Å²) in [5.74, 6) is -0.958. The molecule has 8 nitrogen and oxygen atoms in total. The van der Waals surface area contributed by atoms with Gasteiger partial charge in [0.1, 0.15) is 11.0 Å². The van der Waals surface area contributed by atoms with E-state index in [1.807, 2.05) is 11.8 Å². The number of hydrogen-bond acceptors (Lipinski definition) is 5. The van der Waals surface area contributed by atoms with Crippen LogP contribution in [-0.2, 0) is 4.79 Å². The minimum atomic E-state index is -0.819. The topological polar surface area (TPSA) is 111 Å². The summed E-state index contributed by atoms with van der Waals surface area (Å²) in [6.45, 7) is 2.69. The van der Waals surface area contributed by atoms with E-state index in [-0.39, 0.29) is 24.5 Å². The Kier molecular flexibility index (Phi) is 4.24. The maximum absolute atomic E-state index is 12.3. The number of carboxylic acid groups (broad SMARTS) is 1. The SMILES string of the molecule is CCN(CC(=O)O)C1CC(NC(=O)c2ccc3n[nH]nc3c2)C1. The summed E-state index contributed by atoms with van der Waals surface area (Å²) in [6.07, 6.45) is 1.55. The van der Waals surface area contributed by atoms with Crippen LogP contribution in [0, 0.1) is 0 Å². The van der Waals surface area contributed by atoms with Crippen LogP contribution in [0.4, 0.5) is 0 Å². The maximum Gasteiger partial charge on any atom is 0.317 e. The lowest BCUT2D eigenvalue weighted by atomic mass is 9.85. The summed E-state index contributed by atoms with van der Waals surface area (Å²) in [6, 6.07) is 5.48. The van der Waals surface area contributed by atoms with Crippen LogP contribution in [0.15, 0.2) is 18.2 Å². The molecule has 1 aliphatic rings. The Morgan fingerprint density at radius 3 is 2.78 bits per heavy atom. The molecule has 0 radical (unpaired) electrons. The lowest BCUT2D eigenvalue weighted by molar-refractivity contribution is -0.139. The Bertz CT molecular complexity index is 723. The van der Waals surface area contributed by atoms with Gasteiger partial charge in [-0.25, -0.2) is 0 Å². The quantitative estimate of drug-likeness (QED) is 0.720. The van der Waals surface area contributed by atoms with Crippen molar-refractivity contribution in [1.82, 2.24) is 25.6 Å². The summed E-state index contributed by atoms with van der Waals surface area (Å²) >= 11 is 0. The summed E-state index contributed by atoms with van der Waals surface area (Å²) < 4.78 is 0. The fourth-order valence-corrected chi connectivity index (χ4v) is 2.93. The van der Waals surface area contributed by atoms with Crippen LogP contribution in [0.5, 0.6) is 0 Å². The molecule has 0 bridgehead atoms. The van der Waals surface area contributed by atoms with Crippen molar-refractivity contribution >= 4 is 22.9 Å². The van der Waals surface area contributed by atoms with E-state index in [4.69, 9.17) is 5.11 Å². The number of H-pyrrole nitrogens is 1. The van der Waals surface area contributed by atoms with E-state index in [0.29, 0.717) is 17.6 Å². The van der Waals surface area contributed by atoms with Crippen LogP contribution < -0.4 is 5.32 Å². The highest BCUT2D eigenvalue weighted by molar-refractivity contribution is 5.97. The Morgan fingerprint density at radius 2 is 2.09 bits per heavy atom. The zero-order chi connectivity index (χ0) is 16.4. The number of aliphatic carboxylic acids is 1. The van der Waals surface area contributed by atoms with Crippen molar-refractivity contribution in [3.05, 3.63) is 23.8 Å². The summed E-state index contributed by atoms with van der Waals surface area (Å²) in [5, 5.41) is 22.3. The number of rotatable bonds is 6. The number of carbonyl (C=O) groups excluding carboxylic acids is 1. The Labute approximate surface area is 132 Å². The Morgan fingerprint density at radius 1 is 1.35 bits per heavy atom. The van der Waals surface area contributed by atoms with Gasteiger partial charge in [-0.1, -0.05) is 6.92 Å². The summed E-state index contributed by atoms with van der Waals surface area (Å²) in [5.41, 5.74) is 1.92. The van der Waals surface area contributed by atoms with Crippen molar-refractivity contribution in [2.75, 3.05) is 13.1 Å². The van der Waals surface area contributed by atoms with E-state index < -0.39 is 5.97 Å². The molecule has 1 amide bonds. The monoisotopic (exact) mass is 317 g/mol. The van der Waals surface area contributed by atoms with Crippen LogP contribution >= 0.6 is 0 Å². The van der Waals surface area contributed by atoms with E-state index in [0.717, 1.165) is 18.4 Å². The van der Waals surface area contributed by atoms with Gasteiger partial charge in [0.05, 0.1) is 6.54 Å². The first kappa shape index (κ1) is 15.4. The highest BCUT2D eigenvalue weighted by Gasteiger charge is 2.34. The number of carbonyl (C=O) groups is 2. The number of carboxylic acids is 1. The first-order valence-electron chi connectivity index (χ1n) is 7.64. The molecule has 2 aromatic rings. The molecule has 1 heterocycles. The van der Waals surface area contributed by atoms with Crippen LogP contribution in [0.3, 0.4) is 0 Å². The van der Waals surface area contributed by atoms with Gasteiger partial charge in [0.2, 0.25) is 0 Å². The van der Waals surface area contributed by atoms with E-state index in [1.54, 1.807) is 18.2 Å². The number of nitrogens with one attached hydrogen (secondary N) is 2. The molecule has 1 aromatic carbocycles. The number of hydrogen-bond donors (Lipinski definition) is 3. The largest absolute Gasteiger partial charge is 0.480 e. The first-order chi connectivity index (χ1) is 11.1. The van der Waals surface area contributed by atoms with Gasteiger partial charge in [-0.3, -0.25) is 14.5 Å². The second-order valence-electron chi connectivity index (χ2n) is 5.78. The number of amides is 1. The van der Waals surface area contributed by atoms with E-state index in [2.05, 4.69) is 20.7 Å². The highest BCUT2D eigenvalue weighted by Crippen LogP contribution is 2.26. The highest BCUT2D eigenvalue weighted by atomic mass is 16.4. The molecule has 8 heteroatoms. The van der Waals surface area contributed by atoms with Crippen molar-refractivity contribution in [3.63, 3.8) is 0 Å². The third-order valence-corrected chi connectivity index (χ3v) is 4.29. The van der Waals surface area contributed by atoms with Gasteiger partial charge in [-0.2, -0.15) is 15.4 Å². The predicted molar refractivity (Wildman–Crippen MR) is 83.0 cm³/mol. The van der Waals surface area contributed by atoms with Crippen LogP contribution in [0.1, 0.15) is 30.1 Å². The second-order valence-corrected chi connectivity index (χ2v) is 5.78. The zero-order valence-electron chi connectivity index (χ0n) is 12.8. The van der Waals surface area contributed by atoms with E-state index in [1.165, 1.54) is 0 Å². The number of benzene rings is 1. The Balaban J connectivity index is 1.54. The molecular weight excluding hydrogens is 298 g/mol. The predicted octanol–water partition coefficient (Wildman–Crippen LogP) is 0.625. The van der Waals surface area contributed by atoms with Crippen molar-refractivity contribution in [3.8, 4) is 0 Å². The average Bonchev–Trinajstić information content (AvgIpc) is 2.95. The summed E-state index contributed by atoms with van der Waals surface area (Å²) in [4.78, 5) is 25.0. The molecule has 23 heavy (non-hydrogen) atoms. The van der Waals surface area contributed by atoms with Gasteiger partial charge in [0, 0.05) is 17.6 Å². The molecule has 0 saturated heterocycles. The van der Waals surface area contributed by atoms with Gasteiger partial charge >= 0.3 is 5.97 Å². The molecule has 0 atom stereocenters. The minimum absolute atomic E-state index is 0.0463. The van der Waals surface area contributed by atoms with Crippen molar-refractivity contribution in [2.24, 2.45) is 0 Å². The standard InChI is InChI=1S/C15H19N5O3/c1-2-20(8-14(21)22)11-6-10(7-11)16-15(23)9-3-4-12-13(5-9)18-19-17-12/h3-5,10-11H,2,6-8H2,1H3,(H,16,23)(H,21,22)(H,17,18,19). The molecule has 1 aromatic heterocycles. The van der Waals surface area contributed by atoms with Crippen molar-refractivity contribution in [2.45, 2.75) is 31.8 Å². The van der Waals surface area contributed by atoms with Gasteiger partial charge < -0.3 is 10.4 Å². The van der Waals surface area contributed by atoms with Crippen molar-refractivity contribution in [1.29, 1.82) is 0 Å². The number of aromatic nitrogens is 3. The number of fused-ring (bicyclic) bond motifs is 1. The van der Waals surface area contributed by atoms with Gasteiger partial charge in [0.25, 0.3) is 5.91 Å². The van der Waals surface area contributed by atoms with Gasteiger partial charge in [-0.15, -0.1) is 0 Å². The molecule has 1 aliphatic carbocycles. The fourth-order valence-electron chi connectivity index (χ4n) is 2.93. The lowest BCUT2D eigenvalue weighted by Crippen LogP contribution is -2.54. The van der Waals surface area contributed by atoms with E-state index >= 15 is 0 Å². The van der Waals surface area contributed by atoms with Crippen LogP contribution in [-0.4, -0.2) is 62.5 Å². The number of aromatic amines is 1. The molecule has 0 aliphatic heterocycles. The fraction of sp³-hybridized carbons (Fsp3) is 0.467. The van der Waals surface area contributed by atoms with Crippen molar-refractivity contribution < 1.29 is 14.7 Å². The first-order valence-corrected chi connectivity index (χ1v) is 7.64. The van der Waals surface area contributed by atoms with E-state index in [9.17, 15) is 9.59 Å². The van der Waals surface area contributed by atoms with Crippen LogP contribution in [0.25, 0.3) is 11.0 Å². The smallest absolute Gasteiger partial charge is 0.317 e. The number of likely N-dealkylation sites (N-methyl/N-ethyl adjacent to an activating group) is 1. The normalized spacial score (nSPS) is 20.4. The van der Waals surface area contributed by atoms with Gasteiger partial charge in [-0.05, 0) is 37.6 Å². The molecule has 122 valence electrons. The molecule has 0 unspecified atom stereocenters. The molecule has 3 N–H and O–H groups in total. The Hall–Kier alpha value is -2.48. The molecule has 1 saturated carbocycles. The third-order valence-electron chi connectivity index (χ3n) is 4.29. The second kappa shape index (κ2) is 6.33. The average molecular weight is 317 g/mol.